The summed E-state index contributed by atoms with van der Waals surface area (Å²) in [6.07, 6.45) is 2.65. The predicted molar refractivity (Wildman–Crippen MR) is 117 cm³/mol. The molecule has 0 unspecified atom stereocenters. The third-order valence-corrected chi connectivity index (χ3v) is 10.2. The first kappa shape index (κ1) is 23.8. The van der Waals surface area contributed by atoms with Crippen molar-refractivity contribution in [1.29, 1.82) is 0 Å². The van der Waals surface area contributed by atoms with Gasteiger partial charge in [-0.2, -0.15) is 0 Å². The molecule has 4 aliphatic rings. The van der Waals surface area contributed by atoms with Crippen LogP contribution in [0.4, 0.5) is 4.39 Å². The number of carbonyl (C=O) groups excluding carboxylic acids is 4. The molecule has 4 rings (SSSR count). The molecule has 0 amide bonds. The van der Waals surface area contributed by atoms with Crippen molar-refractivity contribution in [3.05, 3.63) is 0 Å². The van der Waals surface area contributed by atoms with E-state index < -0.39 is 45.6 Å². The minimum Gasteiger partial charge on any atom is -0.450 e. The molecule has 178 valence electrons. The van der Waals surface area contributed by atoms with Gasteiger partial charge in [-0.05, 0) is 37.5 Å². The summed E-state index contributed by atoms with van der Waals surface area (Å²) in [4.78, 5) is 51.6. The van der Waals surface area contributed by atoms with E-state index in [1.807, 2.05) is 20.8 Å². The molecule has 4 aliphatic carbocycles. The first-order chi connectivity index (χ1) is 14.9. The van der Waals surface area contributed by atoms with Crippen molar-refractivity contribution < 1.29 is 28.3 Å². The van der Waals surface area contributed by atoms with E-state index in [-0.39, 0.29) is 42.3 Å². The molecule has 0 aromatic rings. The minimum absolute atomic E-state index is 0.100. The fraction of sp³-hybridized carbons (Fsp3) is 0.840. The maximum atomic E-state index is 17.2. The number of ether oxygens (including phenoxy) is 1. The molecule has 0 bridgehead atoms. The van der Waals surface area contributed by atoms with Gasteiger partial charge in [-0.15, -0.1) is 11.6 Å². The topological polar surface area (TPSA) is 77.5 Å². The molecular weight excluding hydrogens is 435 g/mol. The first-order valence-corrected chi connectivity index (χ1v) is 12.5. The van der Waals surface area contributed by atoms with E-state index in [0.717, 1.165) is 0 Å². The Morgan fingerprint density at radius 1 is 1.16 bits per heavy atom. The average Bonchev–Trinajstić information content (AvgIpc) is 2.96. The van der Waals surface area contributed by atoms with Crippen LogP contribution in [0.2, 0.25) is 0 Å². The van der Waals surface area contributed by atoms with E-state index in [1.165, 1.54) is 0 Å². The van der Waals surface area contributed by atoms with Crippen LogP contribution in [0, 0.1) is 34.5 Å². The van der Waals surface area contributed by atoms with Crippen LogP contribution in [0.3, 0.4) is 0 Å². The van der Waals surface area contributed by atoms with Crippen molar-refractivity contribution in [2.45, 2.75) is 90.3 Å². The summed E-state index contributed by atoms with van der Waals surface area (Å²) in [6.45, 7) is 7.19. The smallest absolute Gasteiger partial charge is 0.306 e. The van der Waals surface area contributed by atoms with Crippen LogP contribution in [0.5, 0.6) is 0 Å². The Morgan fingerprint density at radius 3 is 2.47 bits per heavy atom. The number of alkyl halides is 2. The minimum atomic E-state index is -2.03. The van der Waals surface area contributed by atoms with E-state index in [0.29, 0.717) is 38.5 Å². The number of carbonyl (C=O) groups is 4. The van der Waals surface area contributed by atoms with Crippen LogP contribution in [0.25, 0.3) is 0 Å². The third-order valence-electron chi connectivity index (χ3n) is 9.95. The lowest BCUT2D eigenvalue weighted by atomic mass is 9.42. The van der Waals surface area contributed by atoms with Crippen molar-refractivity contribution in [3.8, 4) is 0 Å². The van der Waals surface area contributed by atoms with E-state index >= 15 is 4.39 Å². The zero-order chi connectivity index (χ0) is 23.7. The Morgan fingerprint density at radius 2 is 1.84 bits per heavy atom. The fourth-order valence-electron chi connectivity index (χ4n) is 8.31. The molecule has 0 heterocycles. The fourth-order valence-corrected chi connectivity index (χ4v) is 8.51. The van der Waals surface area contributed by atoms with Crippen molar-refractivity contribution in [2.24, 2.45) is 34.5 Å². The second-order valence-electron chi connectivity index (χ2n) is 11.1. The van der Waals surface area contributed by atoms with Crippen molar-refractivity contribution in [2.75, 3.05) is 5.88 Å². The Hall–Kier alpha value is -1.30. The number of rotatable bonds is 4. The van der Waals surface area contributed by atoms with Crippen LogP contribution in [-0.2, 0) is 23.9 Å². The SMILES string of the molecule is CCC(=O)O[C@]1(C(=O)CCl)[C@@H](C)C[C@H]2[C@@H]3CC[C@H]4CC(=O)CC[C@]4(C)[C@@]3(F)C(=O)C[C@@]21C. The van der Waals surface area contributed by atoms with Crippen LogP contribution < -0.4 is 0 Å². The number of fused-ring (bicyclic) bond motifs is 5. The number of hydrogen-bond donors (Lipinski definition) is 0. The molecule has 0 spiro atoms. The number of ketones is 3. The molecule has 4 saturated carbocycles. The van der Waals surface area contributed by atoms with E-state index in [1.54, 1.807) is 6.92 Å². The highest BCUT2D eigenvalue weighted by atomic mass is 35.5. The number of Topliss-reactive ketones (excluding diaryl/α,β-unsaturated/α-hetero) is 3. The lowest BCUT2D eigenvalue weighted by Gasteiger charge is -2.62. The monoisotopic (exact) mass is 468 g/mol. The molecule has 7 heteroatoms. The van der Waals surface area contributed by atoms with Gasteiger partial charge in [0.2, 0.25) is 0 Å². The van der Waals surface area contributed by atoms with Crippen LogP contribution >= 0.6 is 11.6 Å². The lowest BCUT2D eigenvalue weighted by Crippen LogP contribution is -2.70. The van der Waals surface area contributed by atoms with Gasteiger partial charge in [0.05, 0.1) is 5.88 Å². The largest absolute Gasteiger partial charge is 0.450 e. The van der Waals surface area contributed by atoms with Crippen LogP contribution in [-0.4, -0.2) is 40.5 Å². The zero-order valence-corrected chi connectivity index (χ0v) is 20.2. The summed E-state index contributed by atoms with van der Waals surface area (Å²) >= 11 is 6.00. The summed E-state index contributed by atoms with van der Waals surface area (Å²) in [5.41, 5.74) is -5.44. The van der Waals surface area contributed by atoms with Crippen molar-refractivity contribution in [1.82, 2.24) is 0 Å². The lowest BCUT2D eigenvalue weighted by molar-refractivity contribution is -0.215. The van der Waals surface area contributed by atoms with Gasteiger partial charge >= 0.3 is 5.97 Å². The molecule has 8 atom stereocenters. The van der Waals surface area contributed by atoms with E-state index in [2.05, 4.69) is 0 Å². The predicted octanol–water partition coefficient (Wildman–Crippen LogP) is 4.62. The highest BCUT2D eigenvalue weighted by molar-refractivity contribution is 6.29. The summed E-state index contributed by atoms with van der Waals surface area (Å²) in [6, 6.07) is 0. The maximum absolute atomic E-state index is 17.2. The molecule has 0 saturated heterocycles. The van der Waals surface area contributed by atoms with Crippen molar-refractivity contribution in [3.63, 3.8) is 0 Å². The Balaban J connectivity index is 1.82. The summed E-state index contributed by atoms with van der Waals surface area (Å²) in [7, 11) is 0. The Bertz CT molecular complexity index is 874. The van der Waals surface area contributed by atoms with Crippen LogP contribution in [0.1, 0.15) is 79.1 Å². The number of halogens is 2. The van der Waals surface area contributed by atoms with Gasteiger partial charge in [-0.1, -0.05) is 27.7 Å². The van der Waals surface area contributed by atoms with Crippen molar-refractivity contribution >= 4 is 34.9 Å². The molecule has 0 aromatic heterocycles. The van der Waals surface area contributed by atoms with Gasteiger partial charge in [-0.25, -0.2) is 4.39 Å². The first-order valence-electron chi connectivity index (χ1n) is 12.0. The number of esters is 1. The summed E-state index contributed by atoms with van der Waals surface area (Å²) in [5, 5.41) is 0. The summed E-state index contributed by atoms with van der Waals surface area (Å²) < 4.78 is 23.1. The van der Waals surface area contributed by atoms with E-state index in [4.69, 9.17) is 16.3 Å². The standard InChI is InChI=1S/C25H34ClFO5/c1-5-21(31)32-25(20(30)13-26)14(2)10-18-17-7-6-15-11-16(28)8-9-22(15,3)24(17,27)19(29)12-23(18,25)4/h14-15,17-18H,5-13H2,1-4H3/t14-,15-,17-,18-,22-,23-,24-,25-/m0/s1. The van der Waals surface area contributed by atoms with Gasteiger partial charge in [0.25, 0.3) is 0 Å². The summed E-state index contributed by atoms with van der Waals surface area (Å²) in [5.74, 6) is -2.94. The highest BCUT2D eigenvalue weighted by Gasteiger charge is 2.78. The maximum Gasteiger partial charge on any atom is 0.306 e. The average molecular weight is 469 g/mol. The van der Waals surface area contributed by atoms with Gasteiger partial charge < -0.3 is 4.74 Å². The van der Waals surface area contributed by atoms with Gasteiger partial charge in [0.1, 0.15) is 5.78 Å². The third kappa shape index (κ3) is 2.74. The van der Waals surface area contributed by atoms with Crippen LogP contribution in [0.15, 0.2) is 0 Å². The molecule has 0 aromatic carbocycles. The molecule has 4 fully saturated rings. The number of hydrogen-bond acceptors (Lipinski definition) is 5. The zero-order valence-electron chi connectivity index (χ0n) is 19.5. The molecule has 0 radical (unpaired) electrons. The Labute approximate surface area is 194 Å². The normalized spacial score (nSPS) is 47.9. The molecule has 0 aliphatic heterocycles. The Kier molecular flexibility index (Phi) is 5.67. The molecule has 5 nitrogen and oxygen atoms in total. The molecule has 32 heavy (non-hydrogen) atoms. The molecule has 0 N–H and O–H groups in total. The van der Waals surface area contributed by atoms with Gasteiger partial charge in [0, 0.05) is 48.3 Å². The second-order valence-corrected chi connectivity index (χ2v) is 11.4. The van der Waals surface area contributed by atoms with Gasteiger partial charge in [-0.3, -0.25) is 19.2 Å². The quantitative estimate of drug-likeness (QED) is 0.444. The second kappa shape index (κ2) is 7.61. The van der Waals surface area contributed by atoms with Gasteiger partial charge in [0.15, 0.2) is 22.8 Å². The molecular formula is C25H34ClFO5. The van der Waals surface area contributed by atoms with E-state index in [9.17, 15) is 19.2 Å². The highest BCUT2D eigenvalue weighted by Crippen LogP contribution is 2.71.